The lowest BCUT2D eigenvalue weighted by atomic mass is 10.2. The summed E-state index contributed by atoms with van der Waals surface area (Å²) in [5.41, 5.74) is 0.699. The minimum Gasteiger partial charge on any atom is -0.357 e. The zero-order valence-electron chi connectivity index (χ0n) is 12.2. The van der Waals surface area contributed by atoms with Crippen LogP contribution in [0.5, 0.6) is 0 Å². The summed E-state index contributed by atoms with van der Waals surface area (Å²) in [5.74, 6) is -3.76. The maximum Gasteiger partial charge on any atom is 0.307 e. The van der Waals surface area contributed by atoms with Crippen molar-refractivity contribution in [3.8, 4) is 0 Å². The standard InChI is InChI=1S/C14H15F4N5/c1-19-12-21-10(7-8-14(17,18)11(15)16)22-13(23-12)20-9-5-3-2-4-6-9/h2-6,11H,7-8H2,1H3,(H2,19,20,21,22,23). The van der Waals surface area contributed by atoms with Crippen molar-refractivity contribution in [1.82, 2.24) is 15.0 Å². The molecule has 0 radical (unpaired) electrons. The minimum atomic E-state index is -4.07. The third-order valence-corrected chi connectivity index (χ3v) is 2.94. The average Bonchev–Trinajstić information content (AvgIpc) is 2.53. The number of aryl methyl sites for hydroxylation is 1. The van der Waals surface area contributed by atoms with Crippen LogP contribution in [-0.2, 0) is 6.42 Å². The van der Waals surface area contributed by atoms with Gasteiger partial charge in [0.1, 0.15) is 5.82 Å². The van der Waals surface area contributed by atoms with E-state index in [9.17, 15) is 17.6 Å². The summed E-state index contributed by atoms with van der Waals surface area (Å²) in [6.45, 7) is 0. The van der Waals surface area contributed by atoms with Crippen molar-refractivity contribution in [2.75, 3.05) is 17.7 Å². The van der Waals surface area contributed by atoms with Crippen molar-refractivity contribution in [1.29, 1.82) is 0 Å². The molecule has 5 nitrogen and oxygen atoms in total. The molecular weight excluding hydrogens is 314 g/mol. The van der Waals surface area contributed by atoms with Gasteiger partial charge in [-0.05, 0) is 12.1 Å². The first kappa shape index (κ1) is 16.9. The Kier molecular flexibility index (Phi) is 5.30. The van der Waals surface area contributed by atoms with E-state index in [4.69, 9.17) is 0 Å². The molecule has 0 aliphatic heterocycles. The molecule has 0 unspecified atom stereocenters. The molecule has 9 heteroatoms. The number of alkyl halides is 4. The van der Waals surface area contributed by atoms with Gasteiger partial charge in [0.15, 0.2) is 0 Å². The number of rotatable bonds is 7. The van der Waals surface area contributed by atoms with Crippen molar-refractivity contribution in [3.05, 3.63) is 36.2 Å². The minimum absolute atomic E-state index is 0.00288. The molecule has 0 aliphatic carbocycles. The predicted octanol–water partition coefficient (Wildman–Crippen LogP) is 3.49. The quantitative estimate of drug-likeness (QED) is 0.762. The molecule has 1 aromatic heterocycles. The normalized spacial score (nSPS) is 11.6. The van der Waals surface area contributed by atoms with Crippen molar-refractivity contribution in [2.45, 2.75) is 25.2 Å². The molecule has 1 heterocycles. The van der Waals surface area contributed by atoms with Gasteiger partial charge in [-0.2, -0.15) is 15.0 Å². The molecule has 0 atom stereocenters. The van der Waals surface area contributed by atoms with Crippen LogP contribution in [0.3, 0.4) is 0 Å². The molecule has 2 N–H and O–H groups in total. The topological polar surface area (TPSA) is 62.7 Å². The number of aromatic nitrogens is 3. The van der Waals surface area contributed by atoms with Gasteiger partial charge in [0.25, 0.3) is 0 Å². The van der Waals surface area contributed by atoms with Gasteiger partial charge in [-0.3, -0.25) is 0 Å². The van der Waals surface area contributed by atoms with Crippen molar-refractivity contribution < 1.29 is 17.6 Å². The summed E-state index contributed by atoms with van der Waals surface area (Å²) in [6.07, 6.45) is -5.14. The number of halogens is 4. The monoisotopic (exact) mass is 329 g/mol. The highest BCUT2D eigenvalue weighted by atomic mass is 19.3. The van der Waals surface area contributed by atoms with Gasteiger partial charge in [0, 0.05) is 25.6 Å². The SMILES string of the molecule is CNc1nc(CCC(F)(F)C(F)F)nc(Nc2ccccc2)n1. The van der Waals surface area contributed by atoms with Gasteiger partial charge >= 0.3 is 12.3 Å². The number of benzene rings is 1. The fourth-order valence-electron chi connectivity index (χ4n) is 1.74. The van der Waals surface area contributed by atoms with E-state index in [1.54, 1.807) is 31.3 Å². The lowest BCUT2D eigenvalue weighted by molar-refractivity contribution is -0.132. The lowest BCUT2D eigenvalue weighted by Gasteiger charge is -2.14. The van der Waals surface area contributed by atoms with Crippen molar-refractivity contribution in [2.24, 2.45) is 0 Å². The van der Waals surface area contributed by atoms with Gasteiger partial charge in [0.2, 0.25) is 11.9 Å². The number of nitrogens with zero attached hydrogens (tertiary/aromatic N) is 3. The van der Waals surface area contributed by atoms with Gasteiger partial charge in [0.05, 0.1) is 0 Å². The number of anilines is 3. The third kappa shape index (κ3) is 4.76. The first-order chi connectivity index (χ1) is 10.9. The average molecular weight is 329 g/mol. The van der Waals surface area contributed by atoms with Crippen LogP contribution in [0.4, 0.5) is 35.1 Å². The van der Waals surface area contributed by atoms with Crippen molar-refractivity contribution >= 4 is 17.6 Å². The largest absolute Gasteiger partial charge is 0.357 e. The Morgan fingerprint density at radius 2 is 1.70 bits per heavy atom. The highest BCUT2D eigenvalue weighted by Gasteiger charge is 2.40. The van der Waals surface area contributed by atoms with Gasteiger partial charge in [-0.15, -0.1) is 0 Å². The van der Waals surface area contributed by atoms with Crippen LogP contribution >= 0.6 is 0 Å². The van der Waals surface area contributed by atoms with E-state index in [1.807, 2.05) is 6.07 Å². The Morgan fingerprint density at radius 1 is 1.04 bits per heavy atom. The Morgan fingerprint density at radius 3 is 2.30 bits per heavy atom. The maximum atomic E-state index is 13.0. The van der Waals surface area contributed by atoms with E-state index in [0.29, 0.717) is 5.69 Å². The summed E-state index contributed by atoms with van der Waals surface area (Å²) in [6, 6.07) is 8.97. The third-order valence-electron chi connectivity index (χ3n) is 2.94. The number of hydrogen-bond acceptors (Lipinski definition) is 5. The van der Waals surface area contributed by atoms with E-state index in [-0.39, 0.29) is 17.7 Å². The number of para-hydroxylation sites is 1. The van der Waals surface area contributed by atoms with Crippen LogP contribution in [0.1, 0.15) is 12.2 Å². The second-order valence-corrected chi connectivity index (χ2v) is 4.70. The van der Waals surface area contributed by atoms with Gasteiger partial charge in [-0.25, -0.2) is 17.6 Å². The second-order valence-electron chi connectivity index (χ2n) is 4.70. The fraction of sp³-hybridized carbons (Fsp3) is 0.357. The molecule has 0 fully saturated rings. The molecule has 124 valence electrons. The van der Waals surface area contributed by atoms with Crippen LogP contribution in [0.15, 0.2) is 30.3 Å². The first-order valence-corrected chi connectivity index (χ1v) is 6.81. The first-order valence-electron chi connectivity index (χ1n) is 6.81. The Hall–Kier alpha value is -2.45. The molecule has 23 heavy (non-hydrogen) atoms. The summed E-state index contributed by atoms with van der Waals surface area (Å²) in [4.78, 5) is 11.9. The molecule has 0 amide bonds. The molecule has 2 aromatic rings. The maximum absolute atomic E-state index is 13.0. The van der Waals surface area contributed by atoms with Crippen LogP contribution in [0.25, 0.3) is 0 Å². The van der Waals surface area contributed by atoms with E-state index < -0.39 is 25.2 Å². The van der Waals surface area contributed by atoms with E-state index in [0.717, 1.165) is 0 Å². The smallest absolute Gasteiger partial charge is 0.307 e. The number of nitrogens with one attached hydrogen (secondary N) is 2. The molecule has 0 spiro atoms. The molecule has 2 rings (SSSR count). The van der Waals surface area contributed by atoms with Crippen LogP contribution in [0, 0.1) is 0 Å². The number of hydrogen-bond donors (Lipinski definition) is 2. The Labute approximate surface area is 130 Å². The van der Waals surface area contributed by atoms with E-state index in [2.05, 4.69) is 25.6 Å². The second kappa shape index (κ2) is 7.21. The molecule has 0 bridgehead atoms. The molecule has 1 aromatic carbocycles. The summed E-state index contributed by atoms with van der Waals surface area (Å²) in [5, 5.41) is 5.58. The van der Waals surface area contributed by atoms with E-state index >= 15 is 0 Å². The molecule has 0 aliphatic rings. The highest BCUT2D eigenvalue weighted by molar-refractivity contribution is 5.53. The summed E-state index contributed by atoms with van der Waals surface area (Å²) in [7, 11) is 1.55. The Bertz CT molecular complexity index is 636. The van der Waals surface area contributed by atoms with Crippen LogP contribution in [0.2, 0.25) is 0 Å². The molecular formula is C14H15F4N5. The fourth-order valence-corrected chi connectivity index (χ4v) is 1.74. The Balaban J connectivity index is 2.15. The van der Waals surface area contributed by atoms with Gasteiger partial charge < -0.3 is 10.6 Å². The van der Waals surface area contributed by atoms with Crippen LogP contribution in [-0.4, -0.2) is 34.3 Å². The highest BCUT2D eigenvalue weighted by Crippen LogP contribution is 2.28. The molecule has 0 saturated heterocycles. The predicted molar refractivity (Wildman–Crippen MR) is 78.4 cm³/mol. The van der Waals surface area contributed by atoms with Gasteiger partial charge in [-0.1, -0.05) is 18.2 Å². The van der Waals surface area contributed by atoms with Crippen molar-refractivity contribution in [3.63, 3.8) is 0 Å². The zero-order chi connectivity index (χ0) is 16.9. The lowest BCUT2D eigenvalue weighted by Crippen LogP contribution is -2.27. The van der Waals surface area contributed by atoms with E-state index in [1.165, 1.54) is 0 Å². The molecule has 0 saturated carbocycles. The zero-order valence-corrected chi connectivity index (χ0v) is 12.2. The summed E-state index contributed by atoms with van der Waals surface area (Å²) >= 11 is 0. The van der Waals surface area contributed by atoms with Crippen LogP contribution < -0.4 is 10.6 Å². The summed E-state index contributed by atoms with van der Waals surface area (Å²) < 4.78 is 50.4.